The largest absolute Gasteiger partial charge is 0.356 e. The molecule has 0 aliphatic heterocycles. The van der Waals surface area contributed by atoms with Crippen molar-refractivity contribution in [1.29, 1.82) is 0 Å². The summed E-state index contributed by atoms with van der Waals surface area (Å²) in [6, 6.07) is 10.2. The molecule has 1 aromatic carbocycles. The van der Waals surface area contributed by atoms with E-state index in [9.17, 15) is 4.79 Å². The first-order valence-corrected chi connectivity index (χ1v) is 8.04. The highest BCUT2D eigenvalue weighted by Gasteiger charge is 2.67. The molecule has 0 heterocycles. The molecule has 19 heavy (non-hydrogen) atoms. The fourth-order valence-electron chi connectivity index (χ4n) is 1.82. The van der Waals surface area contributed by atoms with Gasteiger partial charge < -0.3 is 5.32 Å². The summed E-state index contributed by atoms with van der Waals surface area (Å²) in [4.78, 5) is 13.1. The second-order valence-corrected chi connectivity index (χ2v) is 7.64. The summed E-state index contributed by atoms with van der Waals surface area (Å²) in [7, 11) is 0. The van der Waals surface area contributed by atoms with Crippen molar-refractivity contribution in [3.63, 3.8) is 0 Å². The lowest BCUT2D eigenvalue weighted by Crippen LogP contribution is -2.34. The molecule has 1 aliphatic carbocycles. The molecule has 0 aromatic heterocycles. The maximum Gasteiger partial charge on any atom is 0.229 e. The maximum absolute atomic E-state index is 11.9. The molecule has 2 nitrogen and oxygen atoms in total. The van der Waals surface area contributed by atoms with Crippen molar-refractivity contribution in [2.24, 2.45) is 5.41 Å². The van der Waals surface area contributed by atoms with Gasteiger partial charge in [-0.15, -0.1) is 35.0 Å². The van der Waals surface area contributed by atoms with E-state index in [2.05, 4.69) is 17.4 Å². The highest BCUT2D eigenvalue weighted by molar-refractivity contribution is 7.99. The van der Waals surface area contributed by atoms with Crippen LogP contribution in [0.3, 0.4) is 0 Å². The molecule has 1 N–H and O–H groups in total. The van der Waals surface area contributed by atoms with Crippen LogP contribution < -0.4 is 5.32 Å². The van der Waals surface area contributed by atoms with E-state index in [4.69, 9.17) is 23.2 Å². The van der Waals surface area contributed by atoms with Gasteiger partial charge in [-0.05, 0) is 37.7 Å². The summed E-state index contributed by atoms with van der Waals surface area (Å²) < 4.78 is -0.879. The monoisotopic (exact) mass is 317 g/mol. The normalized spacial score (nSPS) is 23.9. The average molecular weight is 318 g/mol. The molecule has 104 valence electrons. The fraction of sp³-hybridized carbons (Fsp3) is 0.500. The Hall–Kier alpha value is -0.380. The molecule has 0 spiro atoms. The van der Waals surface area contributed by atoms with Crippen LogP contribution in [-0.2, 0) is 4.79 Å². The Morgan fingerprint density at radius 3 is 2.58 bits per heavy atom. The number of halogens is 2. The molecule has 1 aliphatic rings. The molecular formula is C14H17Cl2NOS. The standard InChI is InChI=1S/C14H17Cl2NOS/c1-13(10-14(13,15)16)12(18)17-8-5-9-19-11-6-3-2-4-7-11/h2-4,6-7H,5,8-10H2,1H3,(H,17,18). The number of alkyl halides is 2. The van der Waals surface area contributed by atoms with Crippen LogP contribution in [0.25, 0.3) is 0 Å². The second-order valence-electron chi connectivity index (χ2n) is 4.98. The number of amides is 1. The van der Waals surface area contributed by atoms with Crippen LogP contribution in [0.5, 0.6) is 0 Å². The summed E-state index contributed by atoms with van der Waals surface area (Å²) in [5.74, 6) is 0.940. The summed E-state index contributed by atoms with van der Waals surface area (Å²) >= 11 is 13.7. The summed E-state index contributed by atoms with van der Waals surface area (Å²) in [5, 5.41) is 2.91. The lowest BCUT2D eigenvalue weighted by molar-refractivity contribution is -0.125. The Kier molecular flexibility index (Phi) is 4.70. The zero-order chi connectivity index (χ0) is 13.9. The number of hydrogen-bond donors (Lipinski definition) is 1. The summed E-state index contributed by atoms with van der Waals surface area (Å²) in [6.07, 6.45) is 1.46. The SMILES string of the molecule is CC1(C(=O)NCCCSc2ccccc2)CC1(Cl)Cl. The Balaban J connectivity index is 1.62. The van der Waals surface area contributed by atoms with Crippen molar-refractivity contribution in [2.45, 2.75) is 29.0 Å². The average Bonchev–Trinajstić information content (AvgIpc) is 2.90. The van der Waals surface area contributed by atoms with E-state index in [-0.39, 0.29) is 5.91 Å². The molecule has 1 atom stereocenters. The van der Waals surface area contributed by atoms with E-state index >= 15 is 0 Å². The van der Waals surface area contributed by atoms with Gasteiger partial charge in [0.25, 0.3) is 0 Å². The Bertz CT molecular complexity index is 452. The van der Waals surface area contributed by atoms with E-state index in [0.717, 1.165) is 12.2 Å². The first-order valence-electron chi connectivity index (χ1n) is 6.30. The van der Waals surface area contributed by atoms with Crippen molar-refractivity contribution < 1.29 is 4.79 Å². The Labute approximate surface area is 128 Å². The van der Waals surface area contributed by atoms with Gasteiger partial charge >= 0.3 is 0 Å². The Morgan fingerprint density at radius 1 is 1.37 bits per heavy atom. The number of benzene rings is 1. The van der Waals surface area contributed by atoms with Crippen LogP contribution in [-0.4, -0.2) is 22.5 Å². The van der Waals surface area contributed by atoms with E-state index in [1.165, 1.54) is 4.90 Å². The number of carbonyl (C=O) groups excluding carboxylic acids is 1. The zero-order valence-electron chi connectivity index (χ0n) is 10.8. The number of nitrogens with one attached hydrogen (secondary N) is 1. The third kappa shape index (κ3) is 3.59. The van der Waals surface area contributed by atoms with Crippen LogP contribution in [0.2, 0.25) is 0 Å². The first-order chi connectivity index (χ1) is 8.96. The van der Waals surface area contributed by atoms with Gasteiger partial charge in [0, 0.05) is 11.4 Å². The van der Waals surface area contributed by atoms with Gasteiger partial charge in [-0.3, -0.25) is 4.79 Å². The van der Waals surface area contributed by atoms with Crippen molar-refractivity contribution in [3.8, 4) is 0 Å². The number of hydrogen-bond acceptors (Lipinski definition) is 2. The van der Waals surface area contributed by atoms with Crippen LogP contribution in [0.4, 0.5) is 0 Å². The van der Waals surface area contributed by atoms with Crippen LogP contribution >= 0.6 is 35.0 Å². The van der Waals surface area contributed by atoms with Gasteiger partial charge in [0.2, 0.25) is 5.91 Å². The quantitative estimate of drug-likeness (QED) is 0.490. The van der Waals surface area contributed by atoms with E-state index < -0.39 is 9.75 Å². The maximum atomic E-state index is 11.9. The van der Waals surface area contributed by atoms with Crippen molar-refractivity contribution >= 4 is 40.9 Å². The van der Waals surface area contributed by atoms with Crippen molar-refractivity contribution in [3.05, 3.63) is 30.3 Å². The number of carbonyl (C=O) groups is 1. The third-order valence-corrected chi connectivity index (χ3v) is 5.58. The van der Waals surface area contributed by atoms with E-state index in [1.807, 2.05) is 18.2 Å². The molecule has 0 radical (unpaired) electrons. The zero-order valence-corrected chi connectivity index (χ0v) is 13.1. The predicted octanol–water partition coefficient (Wildman–Crippen LogP) is 3.87. The van der Waals surface area contributed by atoms with Crippen LogP contribution in [0.15, 0.2) is 35.2 Å². The van der Waals surface area contributed by atoms with Gasteiger partial charge in [-0.1, -0.05) is 18.2 Å². The highest BCUT2D eigenvalue weighted by atomic mass is 35.5. The molecule has 1 aromatic rings. The van der Waals surface area contributed by atoms with E-state index in [1.54, 1.807) is 18.7 Å². The molecule has 0 bridgehead atoms. The molecule has 0 saturated heterocycles. The van der Waals surface area contributed by atoms with Crippen molar-refractivity contribution in [2.75, 3.05) is 12.3 Å². The van der Waals surface area contributed by atoms with Gasteiger partial charge in [0.1, 0.15) is 4.33 Å². The van der Waals surface area contributed by atoms with Crippen LogP contribution in [0.1, 0.15) is 19.8 Å². The topological polar surface area (TPSA) is 29.1 Å². The summed E-state index contributed by atoms with van der Waals surface area (Å²) in [6.45, 7) is 2.47. The molecule has 1 unspecified atom stereocenters. The lowest BCUT2D eigenvalue weighted by atomic mass is 10.1. The Morgan fingerprint density at radius 2 is 2.00 bits per heavy atom. The van der Waals surface area contributed by atoms with E-state index in [0.29, 0.717) is 13.0 Å². The number of rotatable bonds is 6. The van der Waals surface area contributed by atoms with Crippen LogP contribution in [0, 0.1) is 5.41 Å². The van der Waals surface area contributed by atoms with Gasteiger partial charge in [-0.2, -0.15) is 0 Å². The fourth-order valence-corrected chi connectivity index (χ4v) is 3.40. The molecular weight excluding hydrogens is 301 g/mol. The molecule has 1 fully saturated rings. The highest BCUT2D eigenvalue weighted by Crippen LogP contribution is 2.63. The van der Waals surface area contributed by atoms with Crippen molar-refractivity contribution in [1.82, 2.24) is 5.32 Å². The smallest absolute Gasteiger partial charge is 0.229 e. The molecule has 1 amide bonds. The number of thioether (sulfide) groups is 1. The molecule has 5 heteroatoms. The minimum atomic E-state index is -0.879. The minimum absolute atomic E-state index is 0.0396. The summed E-state index contributed by atoms with van der Waals surface area (Å²) in [5.41, 5.74) is -0.608. The molecule has 1 saturated carbocycles. The molecule has 2 rings (SSSR count). The van der Waals surface area contributed by atoms with Gasteiger partial charge in [0.15, 0.2) is 0 Å². The minimum Gasteiger partial charge on any atom is -0.356 e. The van der Waals surface area contributed by atoms with Gasteiger partial charge in [0.05, 0.1) is 5.41 Å². The first kappa shape index (κ1) is 15.0. The predicted molar refractivity (Wildman–Crippen MR) is 82.0 cm³/mol. The second kappa shape index (κ2) is 5.94. The third-order valence-electron chi connectivity index (χ3n) is 3.38. The van der Waals surface area contributed by atoms with Gasteiger partial charge in [-0.25, -0.2) is 0 Å². The lowest BCUT2D eigenvalue weighted by Gasteiger charge is -2.12.